The van der Waals surface area contributed by atoms with E-state index in [1.165, 1.54) is 0 Å². The molecule has 3 atom stereocenters. The van der Waals surface area contributed by atoms with Gasteiger partial charge in [-0.25, -0.2) is 0 Å². The molecule has 108 valence electrons. The first kappa shape index (κ1) is 14.7. The summed E-state index contributed by atoms with van der Waals surface area (Å²) in [4.78, 5) is 4.39. The summed E-state index contributed by atoms with van der Waals surface area (Å²) in [5, 5.41) is 3.97. The van der Waals surface area contributed by atoms with Crippen molar-refractivity contribution in [2.75, 3.05) is 6.61 Å². The molecule has 0 fully saturated rings. The molecule has 1 aromatic heterocycles. The van der Waals surface area contributed by atoms with E-state index in [1.807, 2.05) is 51.1 Å². The molecule has 5 nitrogen and oxygen atoms in total. The molecular weight excluding hydrogens is 254 g/mol. The topological polar surface area (TPSA) is 74.2 Å². The van der Waals surface area contributed by atoms with Crippen LogP contribution < -0.4 is 5.73 Å². The first-order chi connectivity index (χ1) is 9.63. The molecule has 0 saturated carbocycles. The van der Waals surface area contributed by atoms with Gasteiger partial charge >= 0.3 is 0 Å². The van der Waals surface area contributed by atoms with Gasteiger partial charge in [-0.1, -0.05) is 42.4 Å². The normalized spacial score (nSPS) is 15.8. The van der Waals surface area contributed by atoms with E-state index in [9.17, 15) is 0 Å². The standard InChI is InChI=1S/C15H21N3O2/c1-4-19-11(3)14-17-15(20-18-14)10(2)13(16)12-8-6-5-7-9-12/h5-11,13H,4,16H2,1-3H3. The highest BCUT2D eigenvalue weighted by atomic mass is 16.5. The van der Waals surface area contributed by atoms with E-state index in [0.29, 0.717) is 18.3 Å². The molecule has 0 bridgehead atoms. The van der Waals surface area contributed by atoms with Crippen LogP contribution in [-0.2, 0) is 4.74 Å². The number of nitrogens with two attached hydrogens (primary N) is 1. The smallest absolute Gasteiger partial charge is 0.231 e. The van der Waals surface area contributed by atoms with Crippen molar-refractivity contribution in [2.24, 2.45) is 5.73 Å². The highest BCUT2D eigenvalue weighted by Crippen LogP contribution is 2.28. The van der Waals surface area contributed by atoms with Crippen LogP contribution >= 0.6 is 0 Å². The first-order valence-electron chi connectivity index (χ1n) is 6.89. The second kappa shape index (κ2) is 6.63. The predicted octanol–water partition coefficient (Wildman–Crippen LogP) is 2.97. The monoisotopic (exact) mass is 275 g/mol. The lowest BCUT2D eigenvalue weighted by Gasteiger charge is -2.16. The molecule has 0 saturated heterocycles. The summed E-state index contributed by atoms with van der Waals surface area (Å²) in [7, 11) is 0. The third-order valence-corrected chi connectivity index (χ3v) is 3.35. The van der Waals surface area contributed by atoms with Crippen molar-refractivity contribution in [2.45, 2.75) is 38.8 Å². The Morgan fingerprint density at radius 3 is 2.60 bits per heavy atom. The van der Waals surface area contributed by atoms with Crippen LogP contribution in [0.2, 0.25) is 0 Å². The maximum Gasteiger partial charge on any atom is 0.231 e. The average molecular weight is 275 g/mol. The Balaban J connectivity index is 2.11. The fourth-order valence-corrected chi connectivity index (χ4v) is 2.04. The number of nitrogens with zero attached hydrogens (tertiary/aromatic N) is 2. The quantitative estimate of drug-likeness (QED) is 0.877. The van der Waals surface area contributed by atoms with Gasteiger partial charge in [0.05, 0.1) is 5.92 Å². The van der Waals surface area contributed by atoms with Gasteiger partial charge in [0.2, 0.25) is 5.89 Å². The maximum absolute atomic E-state index is 6.26. The van der Waals surface area contributed by atoms with Crippen LogP contribution in [0, 0.1) is 0 Å². The van der Waals surface area contributed by atoms with Gasteiger partial charge in [-0.2, -0.15) is 4.98 Å². The number of hydrogen-bond donors (Lipinski definition) is 1. The minimum Gasteiger partial charge on any atom is -0.371 e. The predicted molar refractivity (Wildman–Crippen MR) is 76.1 cm³/mol. The minimum atomic E-state index is -0.174. The van der Waals surface area contributed by atoms with Crippen molar-refractivity contribution >= 4 is 0 Å². The summed E-state index contributed by atoms with van der Waals surface area (Å²) in [6, 6.07) is 9.74. The molecule has 0 aliphatic carbocycles. The van der Waals surface area contributed by atoms with E-state index in [1.54, 1.807) is 0 Å². The first-order valence-corrected chi connectivity index (χ1v) is 6.89. The summed E-state index contributed by atoms with van der Waals surface area (Å²) < 4.78 is 10.8. The van der Waals surface area contributed by atoms with Crippen LogP contribution in [-0.4, -0.2) is 16.7 Å². The summed E-state index contributed by atoms with van der Waals surface area (Å²) in [6.45, 7) is 6.44. The van der Waals surface area contributed by atoms with Crippen LogP contribution in [0.15, 0.2) is 34.9 Å². The van der Waals surface area contributed by atoms with Gasteiger partial charge in [-0.3, -0.25) is 0 Å². The molecular formula is C15H21N3O2. The second-order valence-electron chi connectivity index (χ2n) is 4.81. The zero-order chi connectivity index (χ0) is 14.5. The third kappa shape index (κ3) is 3.23. The number of benzene rings is 1. The van der Waals surface area contributed by atoms with Crippen molar-refractivity contribution in [1.29, 1.82) is 0 Å². The van der Waals surface area contributed by atoms with Gasteiger partial charge in [-0.15, -0.1) is 0 Å². The van der Waals surface area contributed by atoms with E-state index >= 15 is 0 Å². The van der Waals surface area contributed by atoms with Gasteiger partial charge < -0.3 is 15.0 Å². The van der Waals surface area contributed by atoms with E-state index in [-0.39, 0.29) is 18.1 Å². The molecule has 0 aliphatic heterocycles. The van der Waals surface area contributed by atoms with Crippen molar-refractivity contribution in [3.63, 3.8) is 0 Å². The molecule has 0 radical (unpaired) electrons. The maximum atomic E-state index is 6.26. The Bertz CT molecular complexity index is 527. The van der Waals surface area contributed by atoms with E-state index in [2.05, 4.69) is 10.1 Å². The van der Waals surface area contributed by atoms with Gasteiger partial charge in [0.1, 0.15) is 6.10 Å². The Labute approximate surface area is 119 Å². The largest absolute Gasteiger partial charge is 0.371 e. The molecule has 0 spiro atoms. The zero-order valence-electron chi connectivity index (χ0n) is 12.1. The van der Waals surface area contributed by atoms with E-state index in [0.717, 1.165) is 5.56 Å². The van der Waals surface area contributed by atoms with Crippen molar-refractivity contribution in [3.05, 3.63) is 47.6 Å². The molecule has 2 aromatic rings. The summed E-state index contributed by atoms with van der Waals surface area (Å²) >= 11 is 0. The Hall–Kier alpha value is -1.72. The Morgan fingerprint density at radius 2 is 1.95 bits per heavy atom. The van der Waals surface area contributed by atoms with Crippen LogP contribution in [0.4, 0.5) is 0 Å². The number of ether oxygens (including phenoxy) is 1. The number of hydrogen-bond acceptors (Lipinski definition) is 5. The van der Waals surface area contributed by atoms with E-state index < -0.39 is 0 Å². The lowest BCUT2D eigenvalue weighted by Crippen LogP contribution is -2.18. The molecule has 1 heterocycles. The number of rotatable bonds is 6. The van der Waals surface area contributed by atoms with Crippen LogP contribution in [0.25, 0.3) is 0 Å². The van der Waals surface area contributed by atoms with Crippen molar-refractivity contribution in [3.8, 4) is 0 Å². The summed E-state index contributed by atoms with van der Waals surface area (Å²) in [6.07, 6.45) is -0.169. The van der Waals surface area contributed by atoms with Gasteiger partial charge in [0, 0.05) is 12.6 Å². The van der Waals surface area contributed by atoms with Crippen LogP contribution in [0.5, 0.6) is 0 Å². The van der Waals surface area contributed by atoms with Gasteiger partial charge in [0.25, 0.3) is 0 Å². The van der Waals surface area contributed by atoms with Crippen LogP contribution in [0.3, 0.4) is 0 Å². The lowest BCUT2D eigenvalue weighted by molar-refractivity contribution is 0.0683. The zero-order valence-corrected chi connectivity index (χ0v) is 12.1. The van der Waals surface area contributed by atoms with Crippen molar-refractivity contribution in [1.82, 2.24) is 10.1 Å². The molecule has 5 heteroatoms. The fourth-order valence-electron chi connectivity index (χ4n) is 2.04. The van der Waals surface area contributed by atoms with Crippen molar-refractivity contribution < 1.29 is 9.26 Å². The van der Waals surface area contributed by atoms with Gasteiger partial charge in [-0.05, 0) is 19.4 Å². The number of aromatic nitrogens is 2. The third-order valence-electron chi connectivity index (χ3n) is 3.35. The minimum absolute atomic E-state index is 0.0486. The molecule has 2 rings (SSSR count). The highest BCUT2D eigenvalue weighted by Gasteiger charge is 2.23. The van der Waals surface area contributed by atoms with Gasteiger partial charge in [0.15, 0.2) is 5.82 Å². The molecule has 2 N–H and O–H groups in total. The lowest BCUT2D eigenvalue weighted by atomic mass is 9.95. The molecule has 20 heavy (non-hydrogen) atoms. The Kier molecular flexibility index (Phi) is 4.87. The second-order valence-corrected chi connectivity index (χ2v) is 4.81. The van der Waals surface area contributed by atoms with Crippen LogP contribution in [0.1, 0.15) is 56.1 Å². The summed E-state index contributed by atoms with van der Waals surface area (Å²) in [5.74, 6) is 1.06. The van der Waals surface area contributed by atoms with E-state index in [4.69, 9.17) is 15.0 Å². The molecule has 3 unspecified atom stereocenters. The average Bonchev–Trinajstić information content (AvgIpc) is 2.97. The SMILES string of the molecule is CCOC(C)c1noc(C(C)C(N)c2ccccc2)n1. The highest BCUT2D eigenvalue weighted by molar-refractivity contribution is 5.21. The Morgan fingerprint density at radius 1 is 1.25 bits per heavy atom. The fraction of sp³-hybridized carbons (Fsp3) is 0.467. The molecule has 1 aromatic carbocycles. The molecule has 0 aliphatic rings. The molecule has 0 amide bonds. The summed E-state index contributed by atoms with van der Waals surface area (Å²) in [5.41, 5.74) is 7.31.